The molecule has 1 fully saturated rings. The van der Waals surface area contributed by atoms with Gasteiger partial charge in [0.15, 0.2) is 5.96 Å². The number of fused-ring (bicyclic) bond motifs is 1. The molecule has 0 spiro atoms. The number of aliphatic imine (C=N–C) groups is 1. The van der Waals surface area contributed by atoms with Crippen molar-refractivity contribution < 1.29 is 4.74 Å². The number of anilines is 1. The molecule has 3 rings (SSSR count). The Morgan fingerprint density at radius 3 is 2.78 bits per heavy atom. The van der Waals surface area contributed by atoms with Crippen LogP contribution in [0.4, 0.5) is 5.69 Å². The summed E-state index contributed by atoms with van der Waals surface area (Å²) in [6, 6.07) is 6.85. The van der Waals surface area contributed by atoms with Crippen LogP contribution in [0.25, 0.3) is 0 Å². The maximum absolute atomic E-state index is 5.34. The predicted octanol–water partition coefficient (Wildman–Crippen LogP) is 3.33. The minimum absolute atomic E-state index is 0.365. The molecule has 1 aliphatic heterocycles. The Hall–Kier alpha value is -1.75. The van der Waals surface area contributed by atoms with Crippen molar-refractivity contribution in [3.63, 3.8) is 0 Å². The summed E-state index contributed by atoms with van der Waals surface area (Å²) in [4.78, 5) is 6.79. The van der Waals surface area contributed by atoms with Crippen molar-refractivity contribution in [2.45, 2.75) is 51.5 Å². The Kier molecular flexibility index (Phi) is 7.00. The molecule has 2 N–H and O–H groups in total. The van der Waals surface area contributed by atoms with Crippen molar-refractivity contribution in [1.29, 1.82) is 0 Å². The molecular formula is C22H36N4O. The standard InChI is InChI=1S/C22H36N4O/c1-23-21(25-17-22(12-14-27-3)10-4-5-11-22)24-16-18-8-9-20-19(15-18)7-6-13-26(20)2/h8-9,15H,4-7,10-14,16-17H2,1-3H3,(H2,23,24,25). The highest BCUT2D eigenvalue weighted by atomic mass is 16.5. The molecule has 0 saturated heterocycles. The summed E-state index contributed by atoms with van der Waals surface area (Å²) in [5, 5.41) is 7.07. The summed E-state index contributed by atoms with van der Waals surface area (Å²) >= 11 is 0. The zero-order valence-electron chi connectivity index (χ0n) is 17.3. The Bertz CT molecular complexity index is 637. The average molecular weight is 373 g/mol. The highest BCUT2D eigenvalue weighted by Crippen LogP contribution is 2.40. The van der Waals surface area contributed by atoms with Gasteiger partial charge in [0.2, 0.25) is 0 Å². The molecule has 0 atom stereocenters. The summed E-state index contributed by atoms with van der Waals surface area (Å²) in [5.74, 6) is 0.897. The maximum Gasteiger partial charge on any atom is 0.191 e. The highest BCUT2D eigenvalue weighted by molar-refractivity contribution is 5.79. The van der Waals surface area contributed by atoms with Gasteiger partial charge in [-0.15, -0.1) is 0 Å². The van der Waals surface area contributed by atoms with Crippen molar-refractivity contribution in [3.8, 4) is 0 Å². The van der Waals surface area contributed by atoms with E-state index in [2.05, 4.69) is 45.8 Å². The largest absolute Gasteiger partial charge is 0.385 e. The van der Waals surface area contributed by atoms with E-state index in [4.69, 9.17) is 4.74 Å². The van der Waals surface area contributed by atoms with Crippen LogP contribution in [0.5, 0.6) is 0 Å². The van der Waals surface area contributed by atoms with Crippen LogP contribution in [0.2, 0.25) is 0 Å². The molecule has 0 aromatic heterocycles. The predicted molar refractivity (Wildman–Crippen MR) is 114 cm³/mol. The quantitative estimate of drug-likeness (QED) is 0.569. The Balaban J connectivity index is 1.53. The number of nitrogens with one attached hydrogen (secondary N) is 2. The molecule has 1 heterocycles. The molecule has 5 nitrogen and oxygen atoms in total. The number of methoxy groups -OCH3 is 1. The summed E-state index contributed by atoms with van der Waals surface area (Å²) in [7, 11) is 5.84. The number of hydrogen-bond acceptors (Lipinski definition) is 3. The molecule has 1 aromatic rings. The van der Waals surface area contributed by atoms with Crippen LogP contribution in [-0.2, 0) is 17.7 Å². The van der Waals surface area contributed by atoms with Gasteiger partial charge in [0.1, 0.15) is 0 Å². The number of hydrogen-bond donors (Lipinski definition) is 2. The number of guanidine groups is 1. The third-order valence-electron chi connectivity index (χ3n) is 6.31. The fourth-order valence-corrected chi connectivity index (χ4v) is 4.58. The van der Waals surface area contributed by atoms with Crippen molar-refractivity contribution in [2.24, 2.45) is 10.4 Å². The second-order valence-electron chi connectivity index (χ2n) is 8.22. The number of nitrogens with zero attached hydrogens (tertiary/aromatic N) is 2. The second-order valence-corrected chi connectivity index (χ2v) is 8.22. The summed E-state index contributed by atoms with van der Waals surface area (Å²) < 4.78 is 5.34. The molecule has 0 unspecified atom stereocenters. The van der Waals surface area contributed by atoms with Gasteiger partial charge in [0.05, 0.1) is 0 Å². The molecule has 2 aliphatic rings. The highest BCUT2D eigenvalue weighted by Gasteiger charge is 2.33. The summed E-state index contributed by atoms with van der Waals surface area (Å²) in [6.07, 6.45) is 8.81. The van der Waals surface area contributed by atoms with E-state index in [0.717, 1.165) is 38.6 Å². The molecule has 1 aromatic carbocycles. The SMILES string of the molecule is CN=C(NCc1ccc2c(c1)CCCN2C)NCC1(CCOC)CCCC1. The van der Waals surface area contributed by atoms with Crippen molar-refractivity contribution in [1.82, 2.24) is 10.6 Å². The molecule has 0 bridgehead atoms. The minimum Gasteiger partial charge on any atom is -0.385 e. The minimum atomic E-state index is 0.365. The van der Waals surface area contributed by atoms with Gasteiger partial charge in [-0.3, -0.25) is 4.99 Å². The Labute approximate surface area is 164 Å². The Morgan fingerprint density at radius 1 is 1.22 bits per heavy atom. The molecule has 0 amide bonds. The number of rotatable bonds is 7. The van der Waals surface area contributed by atoms with E-state index < -0.39 is 0 Å². The van der Waals surface area contributed by atoms with Crippen LogP contribution < -0.4 is 15.5 Å². The van der Waals surface area contributed by atoms with Crippen molar-refractivity contribution in [3.05, 3.63) is 29.3 Å². The van der Waals surface area contributed by atoms with E-state index >= 15 is 0 Å². The zero-order chi connectivity index (χ0) is 19.1. The van der Waals surface area contributed by atoms with E-state index in [0.29, 0.717) is 5.41 Å². The van der Waals surface area contributed by atoms with E-state index in [-0.39, 0.29) is 0 Å². The average Bonchev–Trinajstić information content (AvgIpc) is 3.16. The molecule has 1 saturated carbocycles. The molecule has 27 heavy (non-hydrogen) atoms. The third-order valence-corrected chi connectivity index (χ3v) is 6.31. The molecule has 150 valence electrons. The van der Waals surface area contributed by atoms with Crippen LogP contribution >= 0.6 is 0 Å². The first-order valence-electron chi connectivity index (χ1n) is 10.4. The van der Waals surface area contributed by atoms with Crippen molar-refractivity contribution in [2.75, 3.05) is 45.8 Å². The normalized spacial score (nSPS) is 19.1. The number of aryl methyl sites for hydroxylation is 1. The summed E-state index contributed by atoms with van der Waals surface area (Å²) in [6.45, 7) is 3.79. The second kappa shape index (κ2) is 9.45. The van der Waals surface area contributed by atoms with Gasteiger partial charge in [-0.05, 0) is 54.7 Å². The van der Waals surface area contributed by atoms with Crippen LogP contribution in [0.15, 0.2) is 23.2 Å². The first kappa shape index (κ1) is 20.0. The van der Waals surface area contributed by atoms with Gasteiger partial charge in [-0.1, -0.05) is 25.0 Å². The van der Waals surface area contributed by atoms with E-state index in [1.807, 2.05) is 7.05 Å². The lowest BCUT2D eigenvalue weighted by molar-refractivity contribution is 0.138. The van der Waals surface area contributed by atoms with E-state index in [9.17, 15) is 0 Å². The monoisotopic (exact) mass is 372 g/mol. The fourth-order valence-electron chi connectivity index (χ4n) is 4.58. The third kappa shape index (κ3) is 5.16. The molecule has 0 radical (unpaired) electrons. The van der Waals surface area contributed by atoms with Gasteiger partial charge >= 0.3 is 0 Å². The van der Waals surface area contributed by atoms with Crippen LogP contribution in [-0.4, -0.2) is 46.9 Å². The van der Waals surface area contributed by atoms with Gasteiger partial charge < -0.3 is 20.3 Å². The van der Waals surface area contributed by atoms with Crippen LogP contribution in [0.1, 0.15) is 49.7 Å². The molecule has 5 heteroatoms. The van der Waals surface area contributed by atoms with E-state index in [1.54, 1.807) is 7.11 Å². The lowest BCUT2D eigenvalue weighted by Crippen LogP contribution is -2.43. The molecular weight excluding hydrogens is 336 g/mol. The lowest BCUT2D eigenvalue weighted by Gasteiger charge is -2.30. The fraction of sp³-hybridized carbons (Fsp3) is 0.682. The topological polar surface area (TPSA) is 48.9 Å². The smallest absolute Gasteiger partial charge is 0.191 e. The van der Waals surface area contributed by atoms with Gasteiger partial charge in [-0.2, -0.15) is 0 Å². The van der Waals surface area contributed by atoms with Crippen LogP contribution in [0, 0.1) is 5.41 Å². The number of ether oxygens (including phenoxy) is 1. The summed E-state index contributed by atoms with van der Waals surface area (Å²) in [5.41, 5.74) is 4.54. The lowest BCUT2D eigenvalue weighted by atomic mass is 9.83. The van der Waals surface area contributed by atoms with Crippen molar-refractivity contribution >= 4 is 11.6 Å². The van der Waals surface area contributed by atoms with Crippen LogP contribution in [0.3, 0.4) is 0 Å². The van der Waals surface area contributed by atoms with Gasteiger partial charge in [0.25, 0.3) is 0 Å². The van der Waals surface area contributed by atoms with Gasteiger partial charge in [-0.25, -0.2) is 0 Å². The maximum atomic E-state index is 5.34. The van der Waals surface area contributed by atoms with E-state index in [1.165, 1.54) is 55.3 Å². The van der Waals surface area contributed by atoms with Gasteiger partial charge in [0, 0.05) is 53.1 Å². The molecule has 1 aliphatic carbocycles. The first-order chi connectivity index (χ1) is 13.2. The Morgan fingerprint density at radius 2 is 2.04 bits per heavy atom. The number of benzene rings is 1. The zero-order valence-corrected chi connectivity index (χ0v) is 17.3. The first-order valence-corrected chi connectivity index (χ1v) is 10.4.